The molecule has 1 N–H and O–H groups in total. The molecule has 3 aromatic carbocycles. The maximum Gasteiger partial charge on any atom is 0.338 e. The molecule has 3 amide bonds. The Bertz CT molecular complexity index is 1520. The van der Waals surface area contributed by atoms with Crippen molar-refractivity contribution in [1.82, 2.24) is 4.90 Å². The van der Waals surface area contributed by atoms with Gasteiger partial charge in [-0.15, -0.1) is 23.2 Å². The van der Waals surface area contributed by atoms with Gasteiger partial charge < -0.3 is 10.1 Å². The van der Waals surface area contributed by atoms with E-state index in [9.17, 15) is 19.2 Å². The molecule has 45 heavy (non-hydrogen) atoms. The van der Waals surface area contributed by atoms with Crippen molar-refractivity contribution in [2.45, 2.75) is 61.6 Å². The Morgan fingerprint density at radius 1 is 0.756 bits per heavy atom. The van der Waals surface area contributed by atoms with Gasteiger partial charge in [-0.25, -0.2) is 4.79 Å². The van der Waals surface area contributed by atoms with Crippen molar-refractivity contribution in [3.63, 3.8) is 0 Å². The Kier molecular flexibility index (Phi) is 8.77. The van der Waals surface area contributed by atoms with Gasteiger partial charge in [0.25, 0.3) is 0 Å². The van der Waals surface area contributed by atoms with Crippen LogP contribution in [0, 0.1) is 11.8 Å². The van der Waals surface area contributed by atoms with Gasteiger partial charge in [0, 0.05) is 18.7 Å². The number of alkyl halides is 2. The first-order valence-corrected chi connectivity index (χ1v) is 16.5. The number of anilines is 1. The second-order valence-electron chi connectivity index (χ2n) is 12.1. The van der Waals surface area contributed by atoms with Crippen LogP contribution in [-0.4, -0.2) is 41.7 Å². The first-order chi connectivity index (χ1) is 21.7. The summed E-state index contributed by atoms with van der Waals surface area (Å²) < 4.78 is 5.27. The smallest absolute Gasteiger partial charge is 0.338 e. The Morgan fingerprint density at radius 2 is 1.29 bits per heavy atom. The molecule has 1 aliphatic heterocycles. The minimum atomic E-state index is -1.18. The highest BCUT2D eigenvalue weighted by Gasteiger charge is 2.72. The number of imide groups is 1. The van der Waals surface area contributed by atoms with E-state index in [0.717, 1.165) is 41.5 Å². The van der Waals surface area contributed by atoms with Gasteiger partial charge in [-0.1, -0.05) is 74.7 Å². The summed E-state index contributed by atoms with van der Waals surface area (Å²) in [4.78, 5) is 51.5. The fourth-order valence-corrected chi connectivity index (χ4v) is 8.29. The number of halogens is 2. The molecule has 234 valence electrons. The van der Waals surface area contributed by atoms with Gasteiger partial charge in [0.2, 0.25) is 17.7 Å². The molecular formula is C36H36Cl2N2O5. The molecule has 0 unspecified atom stereocenters. The van der Waals surface area contributed by atoms with Crippen molar-refractivity contribution >= 4 is 52.6 Å². The van der Waals surface area contributed by atoms with Crippen LogP contribution in [0.25, 0.3) is 0 Å². The van der Waals surface area contributed by atoms with Gasteiger partial charge in [-0.3, -0.25) is 19.3 Å². The number of carbonyl (C=O) groups excluding carboxylic acids is 4. The third kappa shape index (κ3) is 5.24. The predicted molar refractivity (Wildman–Crippen MR) is 173 cm³/mol. The summed E-state index contributed by atoms with van der Waals surface area (Å²) in [5.74, 6) is -2.70. The number of unbranched alkanes of at least 4 members (excludes halogenated alkanes) is 4. The minimum Gasteiger partial charge on any atom is -0.462 e. The molecule has 2 bridgehead atoms. The third-order valence-electron chi connectivity index (χ3n) is 9.35. The molecule has 7 nitrogen and oxygen atoms in total. The summed E-state index contributed by atoms with van der Waals surface area (Å²) in [6.45, 7) is 2.73. The Balaban J connectivity index is 1.03. The number of benzene rings is 3. The monoisotopic (exact) mass is 646 g/mol. The summed E-state index contributed by atoms with van der Waals surface area (Å²) in [6, 6.07) is 21.8. The van der Waals surface area contributed by atoms with E-state index in [1.165, 1.54) is 4.90 Å². The number of amides is 3. The molecule has 9 heteroatoms. The molecule has 3 aromatic rings. The second-order valence-corrected chi connectivity index (χ2v) is 13.3. The number of nitrogens with zero attached hydrogens (tertiary/aromatic N) is 1. The van der Waals surface area contributed by atoms with Gasteiger partial charge >= 0.3 is 5.97 Å². The zero-order valence-corrected chi connectivity index (χ0v) is 26.7. The van der Waals surface area contributed by atoms with Crippen LogP contribution >= 0.6 is 23.2 Å². The fraction of sp³-hybridized carbons (Fsp3) is 0.389. The predicted octanol–water partition coefficient (Wildman–Crippen LogP) is 7.13. The number of nitrogens with one attached hydrogen (secondary N) is 1. The summed E-state index contributed by atoms with van der Waals surface area (Å²) in [5, 5.41) is 2.85. The highest BCUT2D eigenvalue weighted by atomic mass is 35.5. The van der Waals surface area contributed by atoms with Crippen molar-refractivity contribution in [3.8, 4) is 0 Å². The maximum atomic E-state index is 13.9. The zero-order chi connectivity index (χ0) is 31.8. The molecule has 0 spiro atoms. The molecular weight excluding hydrogens is 611 g/mol. The van der Waals surface area contributed by atoms with Crippen LogP contribution < -0.4 is 5.32 Å². The molecule has 0 saturated carbocycles. The van der Waals surface area contributed by atoms with Crippen molar-refractivity contribution in [2.75, 3.05) is 18.5 Å². The Morgan fingerprint density at radius 3 is 1.80 bits per heavy atom. The van der Waals surface area contributed by atoms with Crippen molar-refractivity contribution in [2.24, 2.45) is 11.8 Å². The first kappa shape index (κ1) is 31.3. The van der Waals surface area contributed by atoms with Gasteiger partial charge in [0.05, 0.1) is 24.0 Å². The van der Waals surface area contributed by atoms with Gasteiger partial charge in [0.15, 0.2) is 0 Å². The van der Waals surface area contributed by atoms with Gasteiger partial charge in [0.1, 0.15) is 9.75 Å². The maximum absolute atomic E-state index is 13.9. The van der Waals surface area contributed by atoms with Crippen LogP contribution in [0.2, 0.25) is 0 Å². The highest BCUT2D eigenvalue weighted by molar-refractivity contribution is 6.36. The number of ether oxygens (including phenoxy) is 1. The van der Waals surface area contributed by atoms with Gasteiger partial charge in [-0.2, -0.15) is 0 Å². The lowest BCUT2D eigenvalue weighted by Gasteiger charge is -2.54. The van der Waals surface area contributed by atoms with Crippen LogP contribution in [0.3, 0.4) is 0 Å². The summed E-state index contributed by atoms with van der Waals surface area (Å²) in [7, 11) is 0. The lowest BCUT2D eigenvalue weighted by molar-refractivity contribution is -0.140. The number of rotatable bonds is 12. The largest absolute Gasteiger partial charge is 0.462 e. The molecule has 0 radical (unpaired) electrons. The Labute approximate surface area is 273 Å². The van der Waals surface area contributed by atoms with Gasteiger partial charge in [-0.05, 0) is 65.8 Å². The van der Waals surface area contributed by atoms with E-state index in [1.54, 1.807) is 24.3 Å². The van der Waals surface area contributed by atoms with E-state index in [4.69, 9.17) is 27.9 Å². The number of hydrogen-bond donors (Lipinski definition) is 1. The van der Waals surface area contributed by atoms with Crippen LogP contribution in [-0.2, 0) is 28.9 Å². The first-order valence-electron chi connectivity index (χ1n) is 15.7. The van der Waals surface area contributed by atoms with E-state index in [2.05, 4.69) is 12.2 Å². The number of likely N-dealkylation sites (tertiary alicyclic amines) is 1. The second kappa shape index (κ2) is 12.6. The standard InChI is InChI=1S/C36H36Cl2N2O5/c1-2-3-11-22-45-34(44)23-17-19-24(20-18-23)39-29(41)16-5-4-10-21-40-32(42)30-31(33(40)43)36(38)26-13-7-6-12-25(26)35(30,37)27-14-8-9-15-28(27)36/h6-9,12-15,17-20,30-31H,2-5,10-11,16,21-22H2,1H3,(H,39,41)/t30-,31-,35?,36?/m0/s1. The van der Waals surface area contributed by atoms with E-state index in [0.29, 0.717) is 37.1 Å². The van der Waals surface area contributed by atoms with Crippen LogP contribution in [0.15, 0.2) is 72.8 Å². The van der Waals surface area contributed by atoms with Crippen LogP contribution in [0.5, 0.6) is 0 Å². The average Bonchev–Trinajstić information content (AvgIpc) is 3.32. The number of esters is 1. The average molecular weight is 648 g/mol. The number of carbonyl (C=O) groups is 4. The molecule has 3 aliphatic carbocycles. The lowest BCUT2D eigenvalue weighted by atomic mass is 9.54. The zero-order valence-electron chi connectivity index (χ0n) is 25.2. The van der Waals surface area contributed by atoms with E-state index >= 15 is 0 Å². The summed E-state index contributed by atoms with van der Waals surface area (Å²) in [6.07, 6.45) is 5.00. The molecule has 0 aromatic heterocycles. The third-order valence-corrected chi connectivity index (χ3v) is 10.6. The van der Waals surface area contributed by atoms with E-state index in [-0.39, 0.29) is 36.7 Å². The quantitative estimate of drug-likeness (QED) is 0.0978. The molecule has 1 heterocycles. The normalized spacial score (nSPS) is 24.2. The summed E-state index contributed by atoms with van der Waals surface area (Å²) in [5.41, 5.74) is 4.18. The fourth-order valence-electron chi connectivity index (χ4n) is 7.19. The van der Waals surface area contributed by atoms with E-state index in [1.807, 2.05) is 48.5 Å². The molecule has 4 aliphatic rings. The highest BCUT2D eigenvalue weighted by Crippen LogP contribution is 2.69. The lowest BCUT2D eigenvalue weighted by Crippen LogP contribution is -2.57. The molecule has 7 rings (SSSR count). The van der Waals surface area contributed by atoms with Crippen molar-refractivity contribution in [3.05, 3.63) is 101 Å². The minimum absolute atomic E-state index is 0.149. The Hall–Kier alpha value is -3.68. The molecule has 1 fully saturated rings. The van der Waals surface area contributed by atoms with E-state index < -0.39 is 21.6 Å². The molecule has 2 atom stereocenters. The van der Waals surface area contributed by atoms with Crippen LogP contribution in [0.1, 0.15) is 84.5 Å². The topological polar surface area (TPSA) is 92.8 Å². The van der Waals surface area contributed by atoms with Crippen molar-refractivity contribution in [1.29, 1.82) is 0 Å². The molecule has 1 saturated heterocycles. The van der Waals surface area contributed by atoms with Crippen LogP contribution in [0.4, 0.5) is 5.69 Å². The van der Waals surface area contributed by atoms with Crippen molar-refractivity contribution < 1.29 is 23.9 Å². The summed E-state index contributed by atoms with van der Waals surface area (Å²) >= 11 is 14.9. The number of hydrogen-bond acceptors (Lipinski definition) is 5. The SMILES string of the molecule is CCCCCOC(=O)c1ccc(NC(=O)CCCCCN2C(=O)[C@@H]3[C@@H](C2=O)C2(Cl)c4ccccc4C3(Cl)c3ccccc32)cc1.